The molecule has 150 valence electrons. The fourth-order valence-electron chi connectivity index (χ4n) is 2.81. The number of ether oxygens (including phenoxy) is 2. The van der Waals surface area contributed by atoms with Gasteiger partial charge in [0.25, 0.3) is 0 Å². The lowest BCUT2D eigenvalue weighted by Gasteiger charge is -2.17. The summed E-state index contributed by atoms with van der Waals surface area (Å²) in [5.74, 6) is 1.18. The molecule has 1 atom stereocenters. The van der Waals surface area contributed by atoms with E-state index in [1.807, 2.05) is 51.1 Å². The average Bonchev–Trinajstić information content (AvgIpc) is 2.64. The zero-order valence-corrected chi connectivity index (χ0v) is 16.9. The second kappa shape index (κ2) is 10.3. The maximum Gasteiger partial charge on any atom is 0.224 e. The Labute approximate surface area is 166 Å². The van der Waals surface area contributed by atoms with E-state index in [-0.39, 0.29) is 24.3 Å². The molecule has 1 unspecified atom stereocenters. The van der Waals surface area contributed by atoms with Crippen molar-refractivity contribution in [2.45, 2.75) is 40.2 Å². The largest absolute Gasteiger partial charge is 0.490 e. The summed E-state index contributed by atoms with van der Waals surface area (Å²) in [6.45, 7) is 8.34. The van der Waals surface area contributed by atoms with Gasteiger partial charge in [0.2, 0.25) is 11.8 Å². The molecule has 0 aliphatic heterocycles. The second-order valence-electron chi connectivity index (χ2n) is 6.42. The molecule has 2 aromatic carbocycles. The minimum atomic E-state index is -0.166. The van der Waals surface area contributed by atoms with Gasteiger partial charge in [0.1, 0.15) is 0 Å². The summed E-state index contributed by atoms with van der Waals surface area (Å²) in [5.41, 5.74) is 2.53. The highest BCUT2D eigenvalue weighted by Crippen LogP contribution is 2.30. The average molecular weight is 384 g/mol. The lowest BCUT2D eigenvalue weighted by Crippen LogP contribution is -2.28. The monoisotopic (exact) mass is 384 g/mol. The minimum absolute atomic E-state index is 0.0772. The number of carbonyl (C=O) groups is 2. The SMILES string of the molecule is CCOc1ccc(C(C)NC(=O)Cc2ccc(NC(C)=O)cc2)cc1OCC. The van der Waals surface area contributed by atoms with Crippen LogP contribution in [0.5, 0.6) is 11.5 Å². The van der Waals surface area contributed by atoms with E-state index in [9.17, 15) is 9.59 Å². The van der Waals surface area contributed by atoms with Gasteiger partial charge in [-0.05, 0) is 56.2 Å². The summed E-state index contributed by atoms with van der Waals surface area (Å²) in [5, 5.41) is 5.71. The molecule has 0 spiro atoms. The van der Waals surface area contributed by atoms with E-state index >= 15 is 0 Å². The van der Waals surface area contributed by atoms with Crippen molar-refractivity contribution >= 4 is 17.5 Å². The molecular weight excluding hydrogens is 356 g/mol. The molecular formula is C22H28N2O4. The first kappa shape index (κ1) is 21.3. The van der Waals surface area contributed by atoms with Crippen molar-refractivity contribution in [3.63, 3.8) is 0 Å². The van der Waals surface area contributed by atoms with Gasteiger partial charge in [-0.25, -0.2) is 0 Å². The normalized spacial score (nSPS) is 11.4. The van der Waals surface area contributed by atoms with Gasteiger partial charge in [0.15, 0.2) is 11.5 Å². The number of hydrogen-bond donors (Lipinski definition) is 2. The number of carbonyl (C=O) groups excluding carboxylic acids is 2. The van der Waals surface area contributed by atoms with Crippen molar-refractivity contribution in [2.75, 3.05) is 18.5 Å². The molecule has 0 aliphatic rings. The number of hydrogen-bond acceptors (Lipinski definition) is 4. The molecule has 2 N–H and O–H groups in total. The van der Waals surface area contributed by atoms with E-state index in [0.717, 1.165) is 11.1 Å². The molecule has 6 heteroatoms. The van der Waals surface area contributed by atoms with E-state index in [0.29, 0.717) is 30.4 Å². The van der Waals surface area contributed by atoms with Gasteiger partial charge in [0.05, 0.1) is 25.7 Å². The van der Waals surface area contributed by atoms with Crippen molar-refractivity contribution in [3.05, 3.63) is 53.6 Å². The molecule has 0 saturated carbocycles. The highest BCUT2D eigenvalue weighted by atomic mass is 16.5. The lowest BCUT2D eigenvalue weighted by atomic mass is 10.1. The first-order valence-corrected chi connectivity index (χ1v) is 9.48. The van der Waals surface area contributed by atoms with E-state index in [1.165, 1.54) is 6.92 Å². The van der Waals surface area contributed by atoms with Crippen LogP contribution in [0.15, 0.2) is 42.5 Å². The van der Waals surface area contributed by atoms with Crippen LogP contribution >= 0.6 is 0 Å². The van der Waals surface area contributed by atoms with Crippen LogP contribution in [0.3, 0.4) is 0 Å². The Kier molecular flexibility index (Phi) is 7.87. The molecule has 0 heterocycles. The lowest BCUT2D eigenvalue weighted by molar-refractivity contribution is -0.121. The van der Waals surface area contributed by atoms with Crippen LogP contribution in [0.4, 0.5) is 5.69 Å². The summed E-state index contributed by atoms with van der Waals surface area (Å²) in [6.07, 6.45) is 0.264. The van der Waals surface area contributed by atoms with Crippen LogP contribution < -0.4 is 20.1 Å². The van der Waals surface area contributed by atoms with Crippen molar-refractivity contribution in [2.24, 2.45) is 0 Å². The third kappa shape index (κ3) is 6.30. The second-order valence-corrected chi connectivity index (χ2v) is 6.42. The Morgan fingerprint density at radius 1 is 0.964 bits per heavy atom. The summed E-state index contributed by atoms with van der Waals surface area (Å²) in [6, 6.07) is 12.8. The summed E-state index contributed by atoms with van der Waals surface area (Å²) >= 11 is 0. The van der Waals surface area contributed by atoms with Gasteiger partial charge >= 0.3 is 0 Å². The Morgan fingerprint density at radius 3 is 2.21 bits per heavy atom. The summed E-state index contributed by atoms with van der Waals surface area (Å²) < 4.78 is 11.2. The highest BCUT2D eigenvalue weighted by Gasteiger charge is 2.14. The standard InChI is InChI=1S/C22H28N2O4/c1-5-27-20-12-9-18(14-21(20)28-6-2)15(3)23-22(26)13-17-7-10-19(11-8-17)24-16(4)25/h7-12,14-15H,5-6,13H2,1-4H3,(H,23,26)(H,24,25). The van der Waals surface area contributed by atoms with E-state index < -0.39 is 0 Å². The van der Waals surface area contributed by atoms with Gasteiger partial charge in [-0.2, -0.15) is 0 Å². The van der Waals surface area contributed by atoms with E-state index in [2.05, 4.69) is 10.6 Å². The van der Waals surface area contributed by atoms with E-state index in [1.54, 1.807) is 12.1 Å². The maximum absolute atomic E-state index is 12.4. The van der Waals surface area contributed by atoms with Crippen LogP contribution in [0, 0.1) is 0 Å². The Bertz CT molecular complexity index is 803. The highest BCUT2D eigenvalue weighted by molar-refractivity contribution is 5.88. The minimum Gasteiger partial charge on any atom is -0.490 e. The molecule has 0 bridgehead atoms. The van der Waals surface area contributed by atoms with Gasteiger partial charge in [-0.3, -0.25) is 9.59 Å². The molecule has 0 radical (unpaired) electrons. The van der Waals surface area contributed by atoms with Crippen LogP contribution in [0.2, 0.25) is 0 Å². The zero-order chi connectivity index (χ0) is 20.5. The Morgan fingerprint density at radius 2 is 1.61 bits per heavy atom. The fraction of sp³-hybridized carbons (Fsp3) is 0.364. The van der Waals surface area contributed by atoms with Crippen molar-refractivity contribution in [1.29, 1.82) is 0 Å². The van der Waals surface area contributed by atoms with Crippen LogP contribution in [0.1, 0.15) is 44.9 Å². The smallest absolute Gasteiger partial charge is 0.224 e. The van der Waals surface area contributed by atoms with Crippen molar-refractivity contribution in [3.8, 4) is 11.5 Å². The van der Waals surface area contributed by atoms with Crippen molar-refractivity contribution < 1.29 is 19.1 Å². The van der Waals surface area contributed by atoms with Gasteiger partial charge < -0.3 is 20.1 Å². The number of rotatable bonds is 9. The van der Waals surface area contributed by atoms with Crippen LogP contribution in [-0.2, 0) is 16.0 Å². The first-order chi connectivity index (χ1) is 13.4. The van der Waals surface area contributed by atoms with Gasteiger partial charge in [-0.15, -0.1) is 0 Å². The molecule has 2 amide bonds. The van der Waals surface area contributed by atoms with Gasteiger partial charge in [0, 0.05) is 12.6 Å². The molecule has 2 rings (SSSR count). The number of benzene rings is 2. The molecule has 0 fully saturated rings. The van der Waals surface area contributed by atoms with Crippen LogP contribution in [-0.4, -0.2) is 25.0 Å². The number of nitrogens with one attached hydrogen (secondary N) is 2. The first-order valence-electron chi connectivity index (χ1n) is 9.48. The molecule has 0 aromatic heterocycles. The Balaban J connectivity index is 1.99. The summed E-state index contributed by atoms with van der Waals surface area (Å²) in [4.78, 5) is 23.5. The zero-order valence-electron chi connectivity index (χ0n) is 16.9. The van der Waals surface area contributed by atoms with E-state index in [4.69, 9.17) is 9.47 Å². The predicted octanol–water partition coefficient (Wildman–Crippen LogP) is 3.86. The quantitative estimate of drug-likeness (QED) is 0.688. The molecule has 6 nitrogen and oxygen atoms in total. The maximum atomic E-state index is 12.4. The summed E-state index contributed by atoms with van der Waals surface area (Å²) in [7, 11) is 0. The predicted molar refractivity (Wildman–Crippen MR) is 110 cm³/mol. The number of anilines is 1. The molecule has 0 saturated heterocycles. The van der Waals surface area contributed by atoms with Gasteiger partial charge in [-0.1, -0.05) is 18.2 Å². The van der Waals surface area contributed by atoms with Crippen LogP contribution in [0.25, 0.3) is 0 Å². The molecule has 2 aromatic rings. The Hall–Kier alpha value is -3.02. The van der Waals surface area contributed by atoms with Crippen molar-refractivity contribution in [1.82, 2.24) is 5.32 Å². The third-order valence-corrected chi connectivity index (χ3v) is 4.08. The topological polar surface area (TPSA) is 76.7 Å². The number of amides is 2. The molecule has 0 aliphatic carbocycles. The fourth-order valence-corrected chi connectivity index (χ4v) is 2.81. The molecule has 28 heavy (non-hydrogen) atoms. The third-order valence-electron chi connectivity index (χ3n) is 4.08.